The molecule has 0 heterocycles. The summed E-state index contributed by atoms with van der Waals surface area (Å²) in [5.41, 5.74) is 3.93. The van der Waals surface area contributed by atoms with Crippen LogP contribution in [0.25, 0.3) is 0 Å². The molecule has 2 amide bonds. The maximum atomic E-state index is 13.7. The number of carbonyl (C=O) groups is 3. The van der Waals surface area contributed by atoms with Gasteiger partial charge in [-0.3, -0.25) is 4.79 Å². The molecule has 3 aromatic carbocycles. The summed E-state index contributed by atoms with van der Waals surface area (Å²) >= 11 is 0. The second-order valence-corrected chi connectivity index (χ2v) is 13.1. The lowest BCUT2D eigenvalue weighted by atomic mass is 10.1. The quantitative estimate of drug-likeness (QED) is 0.110. The van der Waals surface area contributed by atoms with Crippen molar-refractivity contribution in [3.05, 3.63) is 102 Å². The number of para-hydroxylation sites is 1. The minimum Gasteiger partial charge on any atom is -0.486 e. The maximum absolute atomic E-state index is 13.7. The topological polar surface area (TPSA) is 140 Å². The van der Waals surface area contributed by atoms with Gasteiger partial charge >= 0.3 is 12.2 Å². The SMILES string of the molecule is CCC(C)CCS(=O)(=O)N(NC(=O)OCc1ccccc1)C(CCCCNC(=O)OCc1ccccc1)C(=O)COc1ccccc1. The van der Waals surface area contributed by atoms with Crippen molar-refractivity contribution in [3.8, 4) is 5.75 Å². The molecule has 254 valence electrons. The van der Waals surface area contributed by atoms with Gasteiger partial charge in [0.2, 0.25) is 10.0 Å². The Balaban J connectivity index is 1.70. The van der Waals surface area contributed by atoms with Gasteiger partial charge in [-0.1, -0.05) is 99.1 Å². The number of hydrogen-bond donors (Lipinski definition) is 2. The molecule has 0 aliphatic heterocycles. The number of unbranched alkanes of at least 4 members (excludes halogenated alkanes) is 1. The summed E-state index contributed by atoms with van der Waals surface area (Å²) in [4.78, 5) is 38.8. The monoisotopic (exact) mass is 667 g/mol. The lowest BCUT2D eigenvalue weighted by Gasteiger charge is -2.30. The smallest absolute Gasteiger partial charge is 0.423 e. The summed E-state index contributed by atoms with van der Waals surface area (Å²) in [6.45, 7) is 3.76. The van der Waals surface area contributed by atoms with E-state index in [9.17, 15) is 22.8 Å². The van der Waals surface area contributed by atoms with E-state index in [4.69, 9.17) is 14.2 Å². The Kier molecular flexibility index (Phi) is 15.7. The van der Waals surface area contributed by atoms with E-state index in [2.05, 4.69) is 10.7 Å². The van der Waals surface area contributed by atoms with Crippen LogP contribution in [0.3, 0.4) is 0 Å². The van der Waals surface area contributed by atoms with Crippen molar-refractivity contribution in [2.45, 2.75) is 65.2 Å². The number of rotatable bonds is 20. The molecule has 0 aliphatic rings. The lowest BCUT2D eigenvalue weighted by Crippen LogP contribution is -2.56. The van der Waals surface area contributed by atoms with Gasteiger partial charge in [-0.2, -0.15) is 0 Å². The van der Waals surface area contributed by atoms with Gasteiger partial charge in [-0.25, -0.2) is 23.4 Å². The van der Waals surface area contributed by atoms with Gasteiger partial charge in [0, 0.05) is 6.54 Å². The largest absolute Gasteiger partial charge is 0.486 e. The number of nitrogens with one attached hydrogen (secondary N) is 2. The second-order valence-electron chi connectivity index (χ2n) is 11.2. The molecule has 0 saturated heterocycles. The number of nitrogens with zero attached hydrogens (tertiary/aromatic N) is 1. The number of alkyl carbamates (subject to hydrolysis) is 1. The Morgan fingerprint density at radius 2 is 1.32 bits per heavy atom. The number of amides is 2. The molecule has 3 rings (SSSR count). The Bertz CT molecular complexity index is 1470. The molecule has 0 radical (unpaired) electrons. The minimum atomic E-state index is -4.17. The average Bonchev–Trinajstić information content (AvgIpc) is 3.09. The Hall–Kier alpha value is -4.42. The first-order valence-electron chi connectivity index (χ1n) is 15.8. The van der Waals surface area contributed by atoms with Gasteiger partial charge in [0.25, 0.3) is 0 Å². The molecular formula is C35H45N3O8S. The van der Waals surface area contributed by atoms with Gasteiger partial charge in [0.1, 0.15) is 31.6 Å². The zero-order valence-electron chi connectivity index (χ0n) is 27.0. The van der Waals surface area contributed by atoms with Crippen LogP contribution in [0.1, 0.15) is 57.1 Å². The van der Waals surface area contributed by atoms with E-state index in [1.165, 1.54) is 0 Å². The van der Waals surface area contributed by atoms with Crippen molar-refractivity contribution in [3.63, 3.8) is 0 Å². The number of benzene rings is 3. The first-order valence-corrected chi connectivity index (χ1v) is 17.4. The summed E-state index contributed by atoms with van der Waals surface area (Å²) in [6, 6.07) is 25.6. The van der Waals surface area contributed by atoms with Crippen LogP contribution in [0.2, 0.25) is 0 Å². The van der Waals surface area contributed by atoms with Crippen LogP contribution in [0.15, 0.2) is 91.0 Å². The highest BCUT2D eigenvalue weighted by molar-refractivity contribution is 7.89. The van der Waals surface area contributed by atoms with E-state index in [0.29, 0.717) is 30.6 Å². The van der Waals surface area contributed by atoms with Gasteiger partial charge in [-0.15, -0.1) is 4.41 Å². The number of ketones is 1. The van der Waals surface area contributed by atoms with E-state index in [1.54, 1.807) is 54.6 Å². The number of Topliss-reactive ketones (excluding diaryl/α,β-unsaturated/α-hetero) is 1. The predicted octanol–water partition coefficient (Wildman–Crippen LogP) is 6.01. The van der Waals surface area contributed by atoms with E-state index in [1.807, 2.05) is 50.2 Å². The zero-order chi connectivity index (χ0) is 33.9. The fraction of sp³-hybridized carbons (Fsp3) is 0.400. The van der Waals surface area contributed by atoms with Gasteiger partial charge in [0.05, 0.1) is 5.75 Å². The molecule has 0 aromatic heterocycles. The third-order valence-corrected chi connectivity index (χ3v) is 9.14. The molecule has 0 spiro atoms. The molecule has 2 atom stereocenters. The summed E-state index contributed by atoms with van der Waals surface area (Å²) in [6.07, 6.45) is 0.337. The summed E-state index contributed by atoms with van der Waals surface area (Å²) < 4.78 is 44.4. The molecule has 3 aromatic rings. The van der Waals surface area contributed by atoms with Crippen molar-refractivity contribution in [2.24, 2.45) is 5.92 Å². The van der Waals surface area contributed by atoms with E-state index in [0.717, 1.165) is 16.4 Å². The highest BCUT2D eigenvalue weighted by atomic mass is 32.2. The summed E-state index contributed by atoms with van der Waals surface area (Å²) in [5, 5.41) is 2.67. The van der Waals surface area contributed by atoms with Crippen LogP contribution in [-0.2, 0) is 37.5 Å². The number of sulfonamides is 1. The molecule has 2 unspecified atom stereocenters. The van der Waals surface area contributed by atoms with E-state index >= 15 is 0 Å². The van der Waals surface area contributed by atoms with Gasteiger partial charge < -0.3 is 19.5 Å². The minimum absolute atomic E-state index is 0.0548. The normalized spacial score (nSPS) is 12.5. The highest BCUT2D eigenvalue weighted by Crippen LogP contribution is 2.18. The van der Waals surface area contributed by atoms with Crippen molar-refractivity contribution >= 4 is 28.0 Å². The standard InChI is InChI=1S/C35H45N3O8S/c1-3-28(2)22-24-47(42,43)38(37-35(41)46-26-30-17-9-5-10-18-30)32(33(39)27-44-31-19-11-6-12-20-31)21-13-14-23-36-34(40)45-25-29-15-7-4-8-16-29/h4-12,15-20,28,32H,3,13-14,21-27H2,1-2H3,(H,36,40)(H,37,41). The fourth-order valence-corrected chi connectivity index (χ4v) is 6.16. The van der Waals surface area contributed by atoms with Crippen LogP contribution >= 0.6 is 0 Å². The third kappa shape index (κ3) is 13.8. The van der Waals surface area contributed by atoms with Crippen molar-refractivity contribution in [2.75, 3.05) is 18.9 Å². The molecule has 0 fully saturated rings. The molecule has 0 aliphatic carbocycles. The van der Waals surface area contributed by atoms with Gasteiger partial charge in [0.15, 0.2) is 5.78 Å². The fourth-order valence-electron chi connectivity index (χ4n) is 4.44. The summed E-state index contributed by atoms with van der Waals surface area (Å²) in [5.74, 6) is -0.266. The molecule has 47 heavy (non-hydrogen) atoms. The Morgan fingerprint density at radius 3 is 1.89 bits per heavy atom. The molecule has 12 heteroatoms. The number of hydrazine groups is 1. The summed E-state index contributed by atoms with van der Waals surface area (Å²) in [7, 11) is -4.17. The highest BCUT2D eigenvalue weighted by Gasteiger charge is 2.36. The van der Waals surface area contributed by atoms with Crippen molar-refractivity contribution in [1.82, 2.24) is 15.2 Å². The average molecular weight is 668 g/mol. The van der Waals surface area contributed by atoms with Crippen molar-refractivity contribution in [1.29, 1.82) is 0 Å². The van der Waals surface area contributed by atoms with Crippen LogP contribution in [0, 0.1) is 5.92 Å². The molecule has 0 bridgehead atoms. The predicted molar refractivity (Wildman–Crippen MR) is 179 cm³/mol. The third-order valence-electron chi connectivity index (χ3n) is 7.44. The van der Waals surface area contributed by atoms with E-state index in [-0.39, 0.29) is 37.9 Å². The van der Waals surface area contributed by atoms with E-state index < -0.39 is 40.6 Å². The number of carbonyl (C=O) groups excluding carboxylic acids is 3. The zero-order valence-corrected chi connectivity index (χ0v) is 27.8. The van der Waals surface area contributed by atoms with Crippen LogP contribution in [-0.4, -0.2) is 55.7 Å². The van der Waals surface area contributed by atoms with Crippen LogP contribution < -0.4 is 15.5 Å². The first kappa shape index (κ1) is 37.0. The molecule has 0 saturated carbocycles. The van der Waals surface area contributed by atoms with Gasteiger partial charge in [-0.05, 0) is 54.9 Å². The Morgan fingerprint density at radius 1 is 0.766 bits per heavy atom. The maximum Gasteiger partial charge on any atom is 0.423 e. The number of ether oxygens (including phenoxy) is 3. The molecule has 2 N–H and O–H groups in total. The first-order chi connectivity index (χ1) is 22.7. The van der Waals surface area contributed by atoms with Crippen LogP contribution in [0.4, 0.5) is 9.59 Å². The molecular weight excluding hydrogens is 622 g/mol. The lowest BCUT2D eigenvalue weighted by molar-refractivity contribution is -0.125. The second kappa shape index (κ2) is 20.0. The molecule has 11 nitrogen and oxygen atoms in total. The van der Waals surface area contributed by atoms with Crippen LogP contribution in [0.5, 0.6) is 5.75 Å². The number of hydrogen-bond acceptors (Lipinski definition) is 8. The van der Waals surface area contributed by atoms with Crippen molar-refractivity contribution < 1.29 is 37.0 Å². The Labute approximate surface area is 277 Å².